The van der Waals surface area contributed by atoms with Crippen LogP contribution in [0.3, 0.4) is 0 Å². The first-order valence-electron chi connectivity index (χ1n) is 17.2. The van der Waals surface area contributed by atoms with Crippen LogP contribution >= 0.6 is 0 Å². The van der Waals surface area contributed by atoms with Gasteiger partial charge in [-0.3, -0.25) is 0 Å². The molecule has 5 nitrogen and oxygen atoms in total. The van der Waals surface area contributed by atoms with Crippen molar-refractivity contribution >= 4 is 33.1 Å². The van der Waals surface area contributed by atoms with E-state index in [1.165, 1.54) is 16.7 Å². The van der Waals surface area contributed by atoms with Crippen molar-refractivity contribution < 1.29 is 9.15 Å². The number of para-hydroxylation sites is 2. The summed E-state index contributed by atoms with van der Waals surface area (Å²) in [6, 6.07) is 41.5. The van der Waals surface area contributed by atoms with Crippen LogP contribution < -0.4 is 4.74 Å². The summed E-state index contributed by atoms with van der Waals surface area (Å²) in [5.41, 5.74) is 9.16. The van der Waals surface area contributed by atoms with Gasteiger partial charge < -0.3 is 9.15 Å². The fourth-order valence-electron chi connectivity index (χ4n) is 7.61. The van der Waals surface area contributed by atoms with Gasteiger partial charge in [0.2, 0.25) is 0 Å². The topological polar surface area (TPSA) is 61.0 Å². The maximum absolute atomic E-state index is 6.64. The van der Waals surface area contributed by atoms with Crippen LogP contribution in [-0.2, 0) is 0 Å². The molecule has 0 N–H and O–H groups in total. The monoisotopic (exact) mass is 645 g/mol. The van der Waals surface area contributed by atoms with E-state index in [2.05, 4.69) is 109 Å². The molecule has 5 aromatic carbocycles. The number of ether oxygens (including phenoxy) is 1. The predicted molar refractivity (Wildman–Crippen MR) is 199 cm³/mol. The molecule has 50 heavy (non-hydrogen) atoms. The van der Waals surface area contributed by atoms with Crippen molar-refractivity contribution in [1.29, 1.82) is 0 Å². The van der Waals surface area contributed by atoms with E-state index in [1.807, 2.05) is 42.5 Å². The van der Waals surface area contributed by atoms with E-state index in [4.69, 9.17) is 24.1 Å². The Labute approximate surface area is 289 Å². The Hall–Kier alpha value is -6.33. The number of benzene rings is 5. The largest absolute Gasteiger partial charge is 0.460 e. The Morgan fingerprint density at radius 1 is 0.620 bits per heavy atom. The highest BCUT2D eigenvalue weighted by Crippen LogP contribution is 2.50. The van der Waals surface area contributed by atoms with Gasteiger partial charge in [-0.1, -0.05) is 127 Å². The standard InChI is InChI=1S/C45H31N3O2/c1-3-12-28(13-4-1)29-22-24-31(25-23-29)44-46-43(30-14-5-2-6-15-30)47-45(48-44)41-33(26-27-39-40(41)36-17-8-10-21-38(36)49-39)35-19-11-18-34-32-16-7-9-20-37(32)50-42(34)35/h1-17,19-24,26-27,31,34H,18,25H2. The van der Waals surface area contributed by atoms with Crippen molar-refractivity contribution in [3.63, 3.8) is 0 Å². The van der Waals surface area contributed by atoms with Crippen LogP contribution in [0.5, 0.6) is 5.75 Å². The van der Waals surface area contributed by atoms with Crippen molar-refractivity contribution in [2.45, 2.75) is 24.7 Å². The van der Waals surface area contributed by atoms with Gasteiger partial charge in [0.1, 0.15) is 28.5 Å². The molecule has 5 heteroatoms. The molecule has 2 aromatic heterocycles. The number of fused-ring (bicyclic) bond motifs is 6. The summed E-state index contributed by atoms with van der Waals surface area (Å²) in [4.78, 5) is 15.7. The second-order valence-corrected chi connectivity index (χ2v) is 13.0. The lowest BCUT2D eigenvalue weighted by Crippen LogP contribution is -2.10. The second-order valence-electron chi connectivity index (χ2n) is 13.0. The molecule has 0 radical (unpaired) electrons. The van der Waals surface area contributed by atoms with Gasteiger partial charge in [-0.25, -0.2) is 15.0 Å². The zero-order valence-electron chi connectivity index (χ0n) is 27.2. The predicted octanol–water partition coefficient (Wildman–Crippen LogP) is 11.1. The van der Waals surface area contributed by atoms with E-state index in [-0.39, 0.29) is 11.8 Å². The fraction of sp³-hybridized carbons (Fsp3) is 0.0889. The Bertz CT molecular complexity index is 2580. The van der Waals surface area contributed by atoms with Gasteiger partial charge in [-0.05, 0) is 53.8 Å². The van der Waals surface area contributed by atoms with Crippen molar-refractivity contribution in [3.8, 4) is 28.5 Å². The van der Waals surface area contributed by atoms with Gasteiger partial charge >= 0.3 is 0 Å². The molecule has 2 unspecified atom stereocenters. The van der Waals surface area contributed by atoms with Crippen LogP contribution in [0.4, 0.5) is 0 Å². The molecule has 0 saturated carbocycles. The Balaban J connectivity index is 1.20. The number of allylic oxidation sites excluding steroid dienone is 8. The number of hydrogen-bond acceptors (Lipinski definition) is 5. The molecule has 2 aliphatic carbocycles. The molecular weight excluding hydrogens is 615 g/mol. The lowest BCUT2D eigenvalue weighted by Gasteiger charge is -2.21. The molecule has 0 fully saturated rings. The highest BCUT2D eigenvalue weighted by molar-refractivity contribution is 6.14. The highest BCUT2D eigenvalue weighted by atomic mass is 16.5. The normalized spacial score (nSPS) is 17.9. The summed E-state index contributed by atoms with van der Waals surface area (Å²) in [5, 5.41) is 2.01. The third-order valence-electron chi connectivity index (χ3n) is 10.0. The second kappa shape index (κ2) is 11.7. The van der Waals surface area contributed by atoms with Crippen LogP contribution in [0.25, 0.3) is 55.9 Å². The zero-order valence-corrected chi connectivity index (χ0v) is 27.2. The molecule has 2 atom stereocenters. The Morgan fingerprint density at radius 3 is 2.22 bits per heavy atom. The fourth-order valence-corrected chi connectivity index (χ4v) is 7.61. The van der Waals surface area contributed by atoms with Crippen LogP contribution in [0, 0.1) is 0 Å². The van der Waals surface area contributed by atoms with E-state index in [1.54, 1.807) is 0 Å². The molecule has 0 amide bonds. The summed E-state index contributed by atoms with van der Waals surface area (Å²) < 4.78 is 13.1. The third kappa shape index (κ3) is 4.73. The Kier molecular flexibility index (Phi) is 6.69. The third-order valence-corrected chi connectivity index (χ3v) is 10.0. The molecule has 3 aliphatic rings. The molecule has 1 aliphatic heterocycles. The average Bonchev–Trinajstić information content (AvgIpc) is 3.77. The Morgan fingerprint density at radius 2 is 1.38 bits per heavy atom. The van der Waals surface area contributed by atoms with E-state index >= 15 is 0 Å². The lowest BCUT2D eigenvalue weighted by atomic mass is 9.84. The van der Waals surface area contributed by atoms with Crippen LogP contribution in [0.1, 0.15) is 47.2 Å². The number of rotatable bonds is 5. The van der Waals surface area contributed by atoms with Crippen molar-refractivity contribution in [2.75, 3.05) is 0 Å². The van der Waals surface area contributed by atoms with Gasteiger partial charge in [0.05, 0.1) is 0 Å². The zero-order chi connectivity index (χ0) is 33.0. The summed E-state index contributed by atoms with van der Waals surface area (Å²) in [6.45, 7) is 0. The van der Waals surface area contributed by atoms with E-state index in [9.17, 15) is 0 Å². The van der Waals surface area contributed by atoms with E-state index in [0.717, 1.165) is 74.4 Å². The van der Waals surface area contributed by atoms with Crippen LogP contribution in [-0.4, -0.2) is 15.0 Å². The summed E-state index contributed by atoms with van der Waals surface area (Å²) in [6.07, 6.45) is 12.8. The van der Waals surface area contributed by atoms with Crippen molar-refractivity contribution in [3.05, 3.63) is 180 Å². The van der Waals surface area contributed by atoms with Gasteiger partial charge in [0, 0.05) is 44.9 Å². The van der Waals surface area contributed by atoms with Crippen molar-refractivity contribution in [2.24, 2.45) is 0 Å². The minimum Gasteiger partial charge on any atom is -0.460 e. The quantitative estimate of drug-likeness (QED) is 0.186. The number of aromatic nitrogens is 3. The minimum atomic E-state index is -0.0101. The minimum absolute atomic E-state index is 0.0101. The van der Waals surface area contributed by atoms with E-state index < -0.39 is 0 Å². The smallest absolute Gasteiger partial charge is 0.165 e. The van der Waals surface area contributed by atoms with Crippen LogP contribution in [0.15, 0.2) is 162 Å². The molecule has 0 saturated heterocycles. The first-order valence-corrected chi connectivity index (χ1v) is 17.2. The molecule has 0 bridgehead atoms. The van der Waals surface area contributed by atoms with Gasteiger partial charge in [0.15, 0.2) is 11.6 Å². The van der Waals surface area contributed by atoms with Crippen LogP contribution in [0.2, 0.25) is 0 Å². The molecular formula is C45H31N3O2. The summed E-state index contributed by atoms with van der Waals surface area (Å²) in [7, 11) is 0. The molecule has 238 valence electrons. The maximum atomic E-state index is 6.64. The molecule has 0 spiro atoms. The SMILES string of the molecule is C1=CC(c2ccc3oc4ccccc4c3c2-c2nc(-c3ccccc3)nc(C3C=CC(c4ccccc4)=CC3)n2)=C2Oc3ccccc3C2C1. The number of furan rings is 1. The first kappa shape index (κ1) is 28.7. The lowest BCUT2D eigenvalue weighted by molar-refractivity contribution is 0.429. The summed E-state index contributed by atoms with van der Waals surface area (Å²) in [5.74, 6) is 4.03. The molecule has 3 heterocycles. The van der Waals surface area contributed by atoms with Crippen molar-refractivity contribution in [1.82, 2.24) is 15.0 Å². The van der Waals surface area contributed by atoms with Gasteiger partial charge in [0.25, 0.3) is 0 Å². The number of hydrogen-bond donors (Lipinski definition) is 0. The van der Waals surface area contributed by atoms with Gasteiger partial charge in [-0.2, -0.15) is 0 Å². The van der Waals surface area contributed by atoms with Gasteiger partial charge in [-0.15, -0.1) is 0 Å². The number of nitrogens with zero attached hydrogens (tertiary/aromatic N) is 3. The first-order chi connectivity index (χ1) is 24.8. The average molecular weight is 646 g/mol. The highest BCUT2D eigenvalue weighted by Gasteiger charge is 2.34. The van der Waals surface area contributed by atoms with E-state index in [0.29, 0.717) is 11.6 Å². The molecule has 7 aromatic rings. The summed E-state index contributed by atoms with van der Waals surface area (Å²) >= 11 is 0. The maximum Gasteiger partial charge on any atom is 0.165 e. The molecule has 10 rings (SSSR count).